The minimum Gasteiger partial charge on any atom is -0.457 e. The van der Waals surface area contributed by atoms with Crippen LogP contribution in [0.1, 0.15) is 50.5 Å². The lowest BCUT2D eigenvalue weighted by Crippen LogP contribution is -2.25. The summed E-state index contributed by atoms with van der Waals surface area (Å²) in [7, 11) is 0. The topological polar surface area (TPSA) is 138 Å². The molecule has 2 rings (SSSR count). The molecule has 0 aliphatic carbocycles. The maximum absolute atomic E-state index is 11.7. The maximum Gasteiger partial charge on any atom is 0.519 e. The molecule has 0 radical (unpaired) electrons. The van der Waals surface area contributed by atoms with Gasteiger partial charge < -0.3 is 38.4 Å². The highest BCUT2D eigenvalue weighted by molar-refractivity contribution is 5.69. The molecule has 0 unspecified atom stereocenters. The van der Waals surface area contributed by atoms with E-state index in [9.17, 15) is 14.4 Å². The van der Waals surface area contributed by atoms with Gasteiger partial charge in [0.2, 0.25) is 0 Å². The van der Waals surface area contributed by atoms with Gasteiger partial charge in [0.15, 0.2) is 30.5 Å². The largest absolute Gasteiger partial charge is 0.519 e. The van der Waals surface area contributed by atoms with Crippen molar-refractivity contribution in [2.45, 2.75) is 52.6 Å². The van der Waals surface area contributed by atoms with E-state index in [4.69, 9.17) is 23.4 Å². The van der Waals surface area contributed by atoms with Gasteiger partial charge in [-0.1, -0.05) is 6.42 Å². The van der Waals surface area contributed by atoms with E-state index in [2.05, 4.69) is 21.6 Å². The van der Waals surface area contributed by atoms with E-state index in [0.29, 0.717) is 43.2 Å². The number of hydrogen-bond donors (Lipinski definition) is 2. The first-order valence-electron chi connectivity index (χ1n) is 10.5. The summed E-state index contributed by atoms with van der Waals surface area (Å²) < 4.78 is 29.9. The lowest BCUT2D eigenvalue weighted by molar-refractivity contribution is -0.143. The molecule has 1 aromatic rings. The number of rotatable bonds is 14. The van der Waals surface area contributed by atoms with Crippen LogP contribution in [0.5, 0.6) is 0 Å². The highest BCUT2D eigenvalue weighted by Crippen LogP contribution is 2.23. The predicted octanol–water partition coefficient (Wildman–Crippen LogP) is 2.60. The second kappa shape index (κ2) is 13.3. The molecule has 0 fully saturated rings. The van der Waals surface area contributed by atoms with Crippen molar-refractivity contribution in [3.05, 3.63) is 46.2 Å². The Hall–Kier alpha value is -3.21. The first kappa shape index (κ1) is 25.1. The van der Waals surface area contributed by atoms with Crippen LogP contribution in [0.3, 0.4) is 0 Å². The van der Waals surface area contributed by atoms with Crippen molar-refractivity contribution in [2.24, 2.45) is 0 Å². The van der Waals surface area contributed by atoms with Gasteiger partial charge in [-0.15, -0.1) is 0 Å². The number of carbonyl (C=O) groups is 2. The van der Waals surface area contributed by atoms with Crippen LogP contribution in [-0.2, 0) is 30.3 Å². The molecule has 32 heavy (non-hydrogen) atoms. The summed E-state index contributed by atoms with van der Waals surface area (Å²) in [5.74, 6) is 0.573. The van der Waals surface area contributed by atoms with E-state index in [1.807, 2.05) is 0 Å². The van der Waals surface area contributed by atoms with Crippen molar-refractivity contribution in [2.75, 3.05) is 26.2 Å². The second-order valence-electron chi connectivity index (χ2n) is 7.07. The summed E-state index contributed by atoms with van der Waals surface area (Å²) in [4.78, 5) is 34.2. The molecular formula is C21H30N2O9. The summed E-state index contributed by atoms with van der Waals surface area (Å²) in [6, 6.07) is 0. The molecule has 0 atom stereocenters. The standard InChI is InChI=1S/C21H30N2O9/c1-14-17(31-16(3)29-14)12-27-19(24)8-7-10-22-9-5-4-6-11-23-20(25)28-13-18-15(2)30-21(26)32-18/h22H,3-13H2,1-2H3,(H,23,25). The quantitative estimate of drug-likeness (QED) is 0.318. The molecule has 2 heterocycles. The number of ether oxygens (including phenoxy) is 4. The number of nitrogens with one attached hydrogen (secondary N) is 2. The smallest absolute Gasteiger partial charge is 0.457 e. The van der Waals surface area contributed by atoms with Crippen LogP contribution in [-0.4, -0.2) is 38.3 Å². The number of unbranched alkanes of at least 4 members (excludes halogenated alkanes) is 2. The average molecular weight is 454 g/mol. The number of alkyl carbamates (subject to hydrolysis) is 1. The first-order chi connectivity index (χ1) is 15.3. The van der Waals surface area contributed by atoms with Gasteiger partial charge in [-0.05, 0) is 52.8 Å². The Morgan fingerprint density at radius 1 is 0.938 bits per heavy atom. The summed E-state index contributed by atoms with van der Waals surface area (Å²) in [6.07, 6.45) is 3.07. The summed E-state index contributed by atoms with van der Waals surface area (Å²) >= 11 is 0. The molecule has 0 saturated heterocycles. The normalized spacial score (nSPS) is 13.0. The molecule has 11 heteroatoms. The number of allylic oxidation sites excluding steroid dienone is 1. The van der Waals surface area contributed by atoms with Gasteiger partial charge in [0, 0.05) is 13.0 Å². The minimum atomic E-state index is -0.820. The van der Waals surface area contributed by atoms with Crippen LogP contribution < -0.4 is 16.5 Å². The molecule has 1 aliphatic heterocycles. The van der Waals surface area contributed by atoms with Gasteiger partial charge in [0.05, 0.1) is 0 Å². The van der Waals surface area contributed by atoms with Crippen molar-refractivity contribution in [3.63, 3.8) is 0 Å². The molecule has 1 aromatic heterocycles. The van der Waals surface area contributed by atoms with E-state index < -0.39 is 11.9 Å². The summed E-state index contributed by atoms with van der Waals surface area (Å²) in [5, 5.41) is 5.90. The lowest BCUT2D eigenvalue weighted by atomic mass is 10.2. The third-order valence-electron chi connectivity index (χ3n) is 4.47. The average Bonchev–Trinajstić information content (AvgIpc) is 3.24. The molecule has 0 saturated carbocycles. The minimum absolute atomic E-state index is 0.0397. The van der Waals surface area contributed by atoms with Crippen molar-refractivity contribution in [3.8, 4) is 0 Å². The van der Waals surface area contributed by atoms with Crippen LogP contribution in [0.4, 0.5) is 4.79 Å². The van der Waals surface area contributed by atoms with Gasteiger partial charge in [0.25, 0.3) is 5.95 Å². The SMILES string of the molecule is C=C1OC(C)=C(COC(=O)CCCNCCCCCNC(=O)OCc2oc(=O)oc2C)O1. The Balaban J connectivity index is 1.37. The molecule has 2 N–H and O–H groups in total. The van der Waals surface area contributed by atoms with E-state index in [-0.39, 0.29) is 30.9 Å². The van der Waals surface area contributed by atoms with E-state index in [1.165, 1.54) is 0 Å². The van der Waals surface area contributed by atoms with Crippen LogP contribution in [0, 0.1) is 6.92 Å². The van der Waals surface area contributed by atoms with Crippen LogP contribution in [0.15, 0.2) is 37.7 Å². The zero-order chi connectivity index (χ0) is 23.3. The number of aryl methyl sites for hydroxylation is 1. The van der Waals surface area contributed by atoms with Crippen molar-refractivity contribution in [1.29, 1.82) is 0 Å². The fourth-order valence-electron chi connectivity index (χ4n) is 2.72. The Labute approximate surface area is 185 Å². The predicted molar refractivity (Wildman–Crippen MR) is 111 cm³/mol. The van der Waals surface area contributed by atoms with Gasteiger partial charge in [-0.2, -0.15) is 0 Å². The monoisotopic (exact) mass is 454 g/mol. The number of carbonyl (C=O) groups excluding carboxylic acids is 2. The van der Waals surface area contributed by atoms with Crippen LogP contribution in [0.2, 0.25) is 0 Å². The van der Waals surface area contributed by atoms with Gasteiger partial charge in [0.1, 0.15) is 5.76 Å². The molecule has 1 aliphatic rings. The first-order valence-corrected chi connectivity index (χ1v) is 10.5. The lowest BCUT2D eigenvalue weighted by Gasteiger charge is -2.07. The van der Waals surface area contributed by atoms with E-state index in [1.54, 1.807) is 13.8 Å². The highest BCUT2D eigenvalue weighted by Gasteiger charge is 2.19. The van der Waals surface area contributed by atoms with Gasteiger partial charge in [-0.3, -0.25) is 4.79 Å². The summed E-state index contributed by atoms with van der Waals surface area (Å²) in [5.41, 5.74) is 0. The van der Waals surface area contributed by atoms with Crippen molar-refractivity contribution < 1.29 is 37.4 Å². The second-order valence-corrected chi connectivity index (χ2v) is 7.07. The zero-order valence-electron chi connectivity index (χ0n) is 18.5. The molecule has 0 spiro atoms. The van der Waals surface area contributed by atoms with Crippen LogP contribution >= 0.6 is 0 Å². The summed E-state index contributed by atoms with van der Waals surface area (Å²) in [6.45, 7) is 8.71. The van der Waals surface area contributed by atoms with E-state index in [0.717, 1.165) is 25.8 Å². The van der Waals surface area contributed by atoms with Gasteiger partial charge >= 0.3 is 17.9 Å². The maximum atomic E-state index is 11.7. The third-order valence-corrected chi connectivity index (χ3v) is 4.47. The van der Waals surface area contributed by atoms with Crippen molar-refractivity contribution in [1.82, 2.24) is 10.6 Å². The fraction of sp³-hybridized carbons (Fsp3) is 0.571. The fourth-order valence-corrected chi connectivity index (χ4v) is 2.72. The Morgan fingerprint density at radius 3 is 2.38 bits per heavy atom. The molecule has 0 bridgehead atoms. The van der Waals surface area contributed by atoms with Crippen molar-refractivity contribution >= 4 is 12.1 Å². The van der Waals surface area contributed by atoms with Gasteiger partial charge in [-0.25, -0.2) is 9.59 Å². The molecule has 0 aromatic carbocycles. The van der Waals surface area contributed by atoms with E-state index >= 15 is 0 Å². The Kier molecular flexibility index (Phi) is 10.4. The Bertz CT molecular complexity index is 869. The molecule has 1 amide bonds. The highest BCUT2D eigenvalue weighted by atomic mass is 16.7. The number of esters is 1. The molecular weight excluding hydrogens is 424 g/mol. The van der Waals surface area contributed by atoms with Crippen LogP contribution in [0.25, 0.3) is 0 Å². The number of amides is 1. The number of hydrogen-bond acceptors (Lipinski definition) is 10. The zero-order valence-corrected chi connectivity index (χ0v) is 18.5. The molecule has 11 nitrogen and oxygen atoms in total. The molecule has 178 valence electrons. The Morgan fingerprint density at radius 2 is 1.69 bits per heavy atom. The third kappa shape index (κ3) is 9.29.